The lowest BCUT2D eigenvalue weighted by molar-refractivity contribution is -0.143. The Morgan fingerprint density at radius 2 is 1.56 bits per heavy atom. The fraction of sp³-hybridized carbons (Fsp3) is 0.235. The number of halogens is 7. The van der Waals surface area contributed by atoms with E-state index in [0.29, 0.717) is 12.1 Å². The Morgan fingerprint density at radius 3 is 2.04 bits per heavy atom. The molecule has 3 nitrogen and oxygen atoms in total. The van der Waals surface area contributed by atoms with E-state index < -0.39 is 41.7 Å². The first-order valence-corrected chi connectivity index (χ1v) is 7.72. The van der Waals surface area contributed by atoms with Crippen LogP contribution in [0.25, 0.3) is 0 Å². The molecule has 2 aromatic rings. The van der Waals surface area contributed by atoms with Crippen LogP contribution in [0.4, 0.5) is 32.0 Å². The quantitative estimate of drug-likeness (QED) is 0.655. The summed E-state index contributed by atoms with van der Waals surface area (Å²) in [4.78, 5) is 11.8. The van der Waals surface area contributed by atoms with Crippen LogP contribution in [-0.2, 0) is 17.1 Å². The fourth-order valence-electron chi connectivity index (χ4n) is 2.07. The van der Waals surface area contributed by atoms with Gasteiger partial charge in [-0.15, -0.1) is 0 Å². The molecule has 0 fully saturated rings. The van der Waals surface area contributed by atoms with E-state index in [0.717, 1.165) is 5.56 Å². The summed E-state index contributed by atoms with van der Waals surface area (Å²) in [5.41, 5.74) is -2.00. The summed E-state index contributed by atoms with van der Waals surface area (Å²) >= 11 is 5.93. The third kappa shape index (κ3) is 5.78. The molecule has 0 aromatic heterocycles. The van der Waals surface area contributed by atoms with Crippen LogP contribution >= 0.6 is 11.6 Å². The number of alkyl halides is 6. The second-order valence-electron chi connectivity index (χ2n) is 5.56. The van der Waals surface area contributed by atoms with Crippen molar-refractivity contribution >= 4 is 23.2 Å². The van der Waals surface area contributed by atoms with Gasteiger partial charge in [-0.3, -0.25) is 4.79 Å². The first kappa shape index (κ1) is 20.9. The van der Waals surface area contributed by atoms with Crippen LogP contribution in [0.5, 0.6) is 5.75 Å². The molecule has 1 amide bonds. The number of anilines is 1. The van der Waals surface area contributed by atoms with E-state index in [9.17, 15) is 31.1 Å². The molecule has 27 heavy (non-hydrogen) atoms. The molecule has 0 atom stereocenters. The van der Waals surface area contributed by atoms with Crippen molar-refractivity contribution in [1.29, 1.82) is 0 Å². The first-order chi connectivity index (χ1) is 12.4. The van der Waals surface area contributed by atoms with E-state index in [1.54, 1.807) is 19.1 Å². The third-order valence-electron chi connectivity index (χ3n) is 3.33. The van der Waals surface area contributed by atoms with E-state index in [-0.39, 0.29) is 16.8 Å². The highest BCUT2D eigenvalue weighted by atomic mass is 35.5. The Labute approximate surface area is 154 Å². The van der Waals surface area contributed by atoms with Gasteiger partial charge in [-0.2, -0.15) is 26.3 Å². The van der Waals surface area contributed by atoms with Gasteiger partial charge in [0.05, 0.1) is 21.8 Å². The zero-order valence-electron chi connectivity index (χ0n) is 13.6. The van der Waals surface area contributed by atoms with Crippen LogP contribution in [0.1, 0.15) is 16.7 Å². The molecule has 1 N–H and O–H groups in total. The highest BCUT2D eigenvalue weighted by molar-refractivity contribution is 6.33. The number of ether oxygens (including phenoxy) is 1. The van der Waals surface area contributed by atoms with E-state index in [2.05, 4.69) is 5.32 Å². The molecule has 0 spiro atoms. The number of rotatable bonds is 4. The maximum atomic E-state index is 12.8. The average Bonchev–Trinajstić information content (AvgIpc) is 2.54. The van der Waals surface area contributed by atoms with Crippen LogP contribution in [-0.4, -0.2) is 12.5 Å². The largest absolute Gasteiger partial charge is 0.484 e. The third-order valence-corrected chi connectivity index (χ3v) is 3.64. The highest BCUT2D eigenvalue weighted by Gasteiger charge is 2.37. The zero-order chi connectivity index (χ0) is 20.4. The number of hydrogen-bond donors (Lipinski definition) is 1. The lowest BCUT2D eigenvalue weighted by atomic mass is 10.1. The van der Waals surface area contributed by atoms with Gasteiger partial charge in [-0.25, -0.2) is 0 Å². The predicted molar refractivity (Wildman–Crippen MR) is 86.8 cm³/mol. The number of benzene rings is 2. The van der Waals surface area contributed by atoms with Crippen molar-refractivity contribution in [3.63, 3.8) is 0 Å². The molecule has 0 heterocycles. The Balaban J connectivity index is 2.15. The van der Waals surface area contributed by atoms with Gasteiger partial charge in [-0.05, 0) is 42.8 Å². The van der Waals surface area contributed by atoms with E-state index in [4.69, 9.17) is 16.3 Å². The molecular weight excluding hydrogens is 400 g/mol. The highest BCUT2D eigenvalue weighted by Crippen LogP contribution is 2.38. The van der Waals surface area contributed by atoms with Crippen molar-refractivity contribution in [3.05, 3.63) is 58.1 Å². The number of carbonyl (C=O) groups excluding carboxylic acids is 1. The molecule has 10 heteroatoms. The lowest BCUT2D eigenvalue weighted by Gasteiger charge is -2.15. The molecule has 0 unspecified atom stereocenters. The van der Waals surface area contributed by atoms with Gasteiger partial charge in [0.1, 0.15) is 5.75 Å². The Hall–Kier alpha value is -2.42. The molecular formula is C17H12ClF6NO2. The minimum atomic E-state index is -5.00. The maximum absolute atomic E-state index is 12.8. The summed E-state index contributed by atoms with van der Waals surface area (Å²) in [5, 5.41) is 2.58. The second kappa shape index (κ2) is 7.67. The standard InChI is InChI=1S/C17H12ClF6NO2/c1-9-2-3-14(13(18)4-9)25-15(26)8-27-12-6-10(16(19,20)21)5-11(7-12)17(22,23)24/h2-7H,8H2,1H3,(H,25,26). The van der Waals surface area contributed by atoms with Gasteiger partial charge in [0.2, 0.25) is 0 Å². The van der Waals surface area contributed by atoms with Crippen molar-refractivity contribution < 1.29 is 35.9 Å². The van der Waals surface area contributed by atoms with Crippen LogP contribution in [0.15, 0.2) is 36.4 Å². The molecule has 0 bridgehead atoms. The van der Waals surface area contributed by atoms with E-state index in [1.165, 1.54) is 6.07 Å². The van der Waals surface area contributed by atoms with Gasteiger partial charge in [0, 0.05) is 0 Å². The van der Waals surface area contributed by atoms with Crippen molar-refractivity contribution in [2.75, 3.05) is 11.9 Å². The normalized spacial score (nSPS) is 12.0. The molecule has 0 aliphatic carbocycles. The van der Waals surface area contributed by atoms with Gasteiger partial charge in [-0.1, -0.05) is 17.7 Å². The van der Waals surface area contributed by atoms with Crippen LogP contribution in [0.3, 0.4) is 0 Å². The Kier molecular flexibility index (Phi) is 5.94. The predicted octanol–water partition coefficient (Wildman–Crippen LogP) is 5.70. The number of aryl methyl sites for hydroxylation is 1. The average molecular weight is 412 g/mol. The summed E-state index contributed by atoms with van der Waals surface area (Å²) in [5.74, 6) is -1.53. The molecule has 2 aromatic carbocycles. The summed E-state index contributed by atoms with van der Waals surface area (Å²) in [6.45, 7) is 0.968. The van der Waals surface area contributed by atoms with Gasteiger partial charge < -0.3 is 10.1 Å². The topological polar surface area (TPSA) is 38.3 Å². The van der Waals surface area contributed by atoms with E-state index >= 15 is 0 Å². The second-order valence-corrected chi connectivity index (χ2v) is 5.97. The van der Waals surface area contributed by atoms with Crippen molar-refractivity contribution in [3.8, 4) is 5.75 Å². The Bertz CT molecular complexity index is 816. The van der Waals surface area contributed by atoms with Gasteiger partial charge >= 0.3 is 12.4 Å². The van der Waals surface area contributed by atoms with Crippen LogP contribution in [0, 0.1) is 6.92 Å². The molecule has 0 saturated carbocycles. The van der Waals surface area contributed by atoms with Crippen LogP contribution in [0.2, 0.25) is 5.02 Å². The van der Waals surface area contributed by atoms with Crippen LogP contribution < -0.4 is 10.1 Å². The summed E-state index contributed by atoms with van der Waals surface area (Å²) in [7, 11) is 0. The number of hydrogen-bond acceptors (Lipinski definition) is 2. The number of carbonyl (C=O) groups is 1. The Morgan fingerprint density at radius 1 is 1.00 bits per heavy atom. The zero-order valence-corrected chi connectivity index (χ0v) is 14.4. The molecule has 0 saturated heterocycles. The minimum absolute atomic E-state index is 0.0288. The summed E-state index contributed by atoms with van der Waals surface area (Å²) < 4.78 is 81.5. The summed E-state index contributed by atoms with van der Waals surface area (Å²) in [6.07, 6.45) is -10.0. The maximum Gasteiger partial charge on any atom is 0.416 e. The monoisotopic (exact) mass is 411 g/mol. The fourth-order valence-corrected chi connectivity index (χ4v) is 2.35. The summed E-state index contributed by atoms with van der Waals surface area (Å²) in [6, 6.07) is 5.48. The van der Waals surface area contributed by atoms with E-state index in [1.807, 2.05) is 0 Å². The molecule has 0 aliphatic heterocycles. The SMILES string of the molecule is Cc1ccc(NC(=O)COc2cc(C(F)(F)F)cc(C(F)(F)F)c2)c(Cl)c1. The van der Waals surface area contributed by atoms with Gasteiger partial charge in [0.25, 0.3) is 5.91 Å². The molecule has 0 aliphatic rings. The van der Waals surface area contributed by atoms with Crippen molar-refractivity contribution in [2.24, 2.45) is 0 Å². The number of amides is 1. The van der Waals surface area contributed by atoms with Crippen molar-refractivity contribution in [2.45, 2.75) is 19.3 Å². The minimum Gasteiger partial charge on any atom is -0.484 e. The van der Waals surface area contributed by atoms with Gasteiger partial charge in [0.15, 0.2) is 6.61 Å². The molecule has 146 valence electrons. The smallest absolute Gasteiger partial charge is 0.416 e. The van der Waals surface area contributed by atoms with Crippen molar-refractivity contribution in [1.82, 2.24) is 0 Å². The lowest BCUT2D eigenvalue weighted by Crippen LogP contribution is -2.21. The molecule has 2 rings (SSSR count). The first-order valence-electron chi connectivity index (χ1n) is 7.34. The number of nitrogens with one attached hydrogen (secondary N) is 1. The molecule has 0 radical (unpaired) electrons.